The third-order valence-electron chi connectivity index (χ3n) is 4.01. The Hall–Kier alpha value is -1.50. The molecular weight excluding hydrogens is 224 g/mol. The van der Waals surface area contributed by atoms with Crippen LogP contribution in [-0.4, -0.2) is 22.9 Å². The van der Waals surface area contributed by atoms with Gasteiger partial charge in [0.2, 0.25) is 0 Å². The molecule has 0 unspecified atom stereocenters. The van der Waals surface area contributed by atoms with E-state index in [1.165, 1.54) is 38.5 Å². The van der Waals surface area contributed by atoms with Gasteiger partial charge in [0.15, 0.2) is 0 Å². The highest BCUT2D eigenvalue weighted by atomic mass is 15.4. The number of nitrogens with zero attached hydrogens (tertiary/aromatic N) is 4. The summed E-state index contributed by atoms with van der Waals surface area (Å²) in [6.07, 6.45) is 7.75. The highest BCUT2D eigenvalue weighted by Crippen LogP contribution is 2.28. The van der Waals surface area contributed by atoms with Gasteiger partial charge >= 0.3 is 0 Å². The lowest BCUT2D eigenvalue weighted by atomic mass is 10.1. The zero-order chi connectivity index (χ0) is 13.1. The predicted molar refractivity (Wildman–Crippen MR) is 72.6 cm³/mol. The Bertz CT molecular complexity index is 447. The van der Waals surface area contributed by atoms with Gasteiger partial charge in [-0.2, -0.15) is 10.4 Å². The maximum atomic E-state index is 9.29. The fraction of sp³-hybridized carbons (Fsp3) is 0.714. The number of hydrogen-bond acceptors (Lipinski definition) is 3. The van der Waals surface area contributed by atoms with E-state index in [9.17, 15) is 5.26 Å². The minimum absolute atomic E-state index is 0.550. The maximum absolute atomic E-state index is 9.29. The van der Waals surface area contributed by atoms with Gasteiger partial charge in [-0.1, -0.05) is 25.7 Å². The summed E-state index contributed by atoms with van der Waals surface area (Å²) in [6.45, 7) is 1.91. The van der Waals surface area contributed by atoms with E-state index in [1.54, 1.807) is 0 Å². The molecule has 0 spiro atoms. The quantitative estimate of drug-likeness (QED) is 0.754. The highest BCUT2D eigenvalue weighted by Gasteiger charge is 2.23. The van der Waals surface area contributed by atoms with Gasteiger partial charge in [0.1, 0.15) is 17.5 Å². The summed E-state index contributed by atoms with van der Waals surface area (Å²) in [4.78, 5) is 2.27. The summed E-state index contributed by atoms with van der Waals surface area (Å²) in [5, 5.41) is 13.7. The molecular formula is C14H22N4. The number of rotatable bonds is 2. The molecule has 1 saturated carbocycles. The van der Waals surface area contributed by atoms with E-state index in [-0.39, 0.29) is 0 Å². The molecule has 0 aromatic carbocycles. The Morgan fingerprint density at radius 3 is 2.44 bits per heavy atom. The predicted octanol–water partition coefficient (Wildman–Crippen LogP) is 2.76. The zero-order valence-electron chi connectivity index (χ0n) is 11.6. The van der Waals surface area contributed by atoms with E-state index in [0.29, 0.717) is 6.04 Å². The molecule has 1 aliphatic carbocycles. The van der Waals surface area contributed by atoms with Gasteiger partial charge in [0.25, 0.3) is 0 Å². The molecule has 1 aromatic rings. The van der Waals surface area contributed by atoms with Crippen LogP contribution in [0.15, 0.2) is 0 Å². The van der Waals surface area contributed by atoms with Gasteiger partial charge in [-0.05, 0) is 19.8 Å². The molecule has 4 heteroatoms. The number of aromatic nitrogens is 2. The lowest BCUT2D eigenvalue weighted by Gasteiger charge is -2.29. The van der Waals surface area contributed by atoms with Crippen molar-refractivity contribution in [2.75, 3.05) is 11.9 Å². The van der Waals surface area contributed by atoms with Crippen LogP contribution in [0.2, 0.25) is 0 Å². The molecule has 0 aliphatic heterocycles. The van der Waals surface area contributed by atoms with Gasteiger partial charge in [-0.15, -0.1) is 0 Å². The van der Waals surface area contributed by atoms with E-state index >= 15 is 0 Å². The summed E-state index contributed by atoms with van der Waals surface area (Å²) in [5.41, 5.74) is 1.56. The van der Waals surface area contributed by atoms with Gasteiger partial charge in [-0.25, -0.2) is 0 Å². The maximum Gasteiger partial charge on any atom is 0.144 e. The fourth-order valence-corrected chi connectivity index (χ4v) is 3.00. The Labute approximate surface area is 109 Å². The van der Waals surface area contributed by atoms with Crippen molar-refractivity contribution in [1.29, 1.82) is 5.26 Å². The Kier molecular flexibility index (Phi) is 3.90. The van der Waals surface area contributed by atoms with Crippen molar-refractivity contribution in [3.63, 3.8) is 0 Å². The number of aryl methyl sites for hydroxylation is 2. The molecule has 1 aromatic heterocycles. The van der Waals surface area contributed by atoms with Crippen LogP contribution >= 0.6 is 0 Å². The molecule has 0 radical (unpaired) electrons. The van der Waals surface area contributed by atoms with E-state index in [1.807, 2.05) is 18.7 Å². The first-order valence-electron chi connectivity index (χ1n) is 6.81. The topological polar surface area (TPSA) is 44.9 Å². The van der Waals surface area contributed by atoms with E-state index < -0.39 is 0 Å². The molecule has 2 rings (SSSR count). The van der Waals surface area contributed by atoms with Crippen molar-refractivity contribution in [2.45, 2.75) is 51.5 Å². The van der Waals surface area contributed by atoms with Crippen molar-refractivity contribution in [2.24, 2.45) is 7.05 Å². The summed E-state index contributed by atoms with van der Waals surface area (Å²) in [7, 11) is 4.03. The molecule has 18 heavy (non-hydrogen) atoms. The molecule has 1 heterocycles. The average Bonchev–Trinajstić information content (AvgIpc) is 2.57. The normalized spacial score (nSPS) is 17.2. The molecule has 1 aliphatic rings. The monoisotopic (exact) mass is 246 g/mol. The van der Waals surface area contributed by atoms with Crippen LogP contribution in [0.5, 0.6) is 0 Å². The molecule has 0 N–H and O–H groups in total. The SMILES string of the molecule is Cc1nn(C)c(N(C)C2CCCCCC2)c1C#N. The van der Waals surface area contributed by atoms with Crippen molar-refractivity contribution < 1.29 is 0 Å². The summed E-state index contributed by atoms with van der Waals surface area (Å²) >= 11 is 0. The molecule has 0 saturated heterocycles. The first kappa shape index (κ1) is 12.9. The molecule has 98 valence electrons. The summed E-state index contributed by atoms with van der Waals surface area (Å²) in [6, 6.07) is 2.85. The third-order valence-corrected chi connectivity index (χ3v) is 4.01. The van der Waals surface area contributed by atoms with Crippen LogP contribution in [-0.2, 0) is 7.05 Å². The molecule has 4 nitrogen and oxygen atoms in total. The second kappa shape index (κ2) is 5.43. The largest absolute Gasteiger partial charge is 0.356 e. The molecule has 0 amide bonds. The first-order chi connectivity index (χ1) is 8.65. The van der Waals surface area contributed by atoms with Crippen LogP contribution in [0.1, 0.15) is 49.8 Å². The van der Waals surface area contributed by atoms with Crippen molar-refractivity contribution in [3.8, 4) is 6.07 Å². The second-order valence-corrected chi connectivity index (χ2v) is 5.28. The van der Waals surface area contributed by atoms with Crippen molar-refractivity contribution in [3.05, 3.63) is 11.3 Å². The second-order valence-electron chi connectivity index (χ2n) is 5.28. The number of nitriles is 1. The third kappa shape index (κ3) is 2.35. The lowest BCUT2D eigenvalue weighted by molar-refractivity contribution is 0.539. The van der Waals surface area contributed by atoms with Crippen LogP contribution in [0.25, 0.3) is 0 Å². The number of anilines is 1. The standard InChI is InChI=1S/C14H22N4/c1-11-13(10-15)14(18(3)16-11)17(2)12-8-6-4-5-7-9-12/h12H,4-9H2,1-3H3. The van der Waals surface area contributed by atoms with Crippen LogP contribution in [0.4, 0.5) is 5.82 Å². The average molecular weight is 246 g/mol. The Balaban J connectivity index is 2.27. The lowest BCUT2D eigenvalue weighted by Crippen LogP contribution is -2.33. The Morgan fingerprint density at radius 1 is 1.28 bits per heavy atom. The minimum Gasteiger partial charge on any atom is -0.356 e. The van der Waals surface area contributed by atoms with Crippen LogP contribution < -0.4 is 4.90 Å². The Morgan fingerprint density at radius 2 is 1.89 bits per heavy atom. The smallest absolute Gasteiger partial charge is 0.144 e. The van der Waals surface area contributed by atoms with Gasteiger partial charge < -0.3 is 4.90 Å². The first-order valence-corrected chi connectivity index (χ1v) is 6.81. The molecule has 0 bridgehead atoms. The fourth-order valence-electron chi connectivity index (χ4n) is 3.00. The van der Waals surface area contributed by atoms with Gasteiger partial charge in [-0.3, -0.25) is 4.68 Å². The number of hydrogen-bond donors (Lipinski definition) is 0. The summed E-state index contributed by atoms with van der Waals surface area (Å²) in [5.74, 6) is 0.974. The summed E-state index contributed by atoms with van der Waals surface area (Å²) < 4.78 is 1.85. The minimum atomic E-state index is 0.550. The molecule has 1 fully saturated rings. The van der Waals surface area contributed by atoms with Crippen molar-refractivity contribution in [1.82, 2.24) is 9.78 Å². The zero-order valence-corrected chi connectivity index (χ0v) is 11.6. The van der Waals surface area contributed by atoms with Crippen LogP contribution in [0.3, 0.4) is 0 Å². The van der Waals surface area contributed by atoms with E-state index in [0.717, 1.165) is 17.1 Å². The van der Waals surface area contributed by atoms with Crippen molar-refractivity contribution >= 4 is 5.82 Å². The van der Waals surface area contributed by atoms with Crippen LogP contribution in [0, 0.1) is 18.3 Å². The van der Waals surface area contributed by atoms with Gasteiger partial charge in [0, 0.05) is 20.1 Å². The van der Waals surface area contributed by atoms with E-state index in [2.05, 4.69) is 23.1 Å². The highest BCUT2D eigenvalue weighted by molar-refractivity contribution is 5.57. The van der Waals surface area contributed by atoms with E-state index in [4.69, 9.17) is 0 Å². The molecule has 0 atom stereocenters. The van der Waals surface area contributed by atoms with Gasteiger partial charge in [0.05, 0.1) is 5.69 Å².